The second-order valence-electron chi connectivity index (χ2n) is 8.19. The number of rotatable bonds is 7. The molecule has 0 unspecified atom stereocenters. The molecular formula is C25H31NO3. The van der Waals surface area contributed by atoms with Gasteiger partial charge in [-0.05, 0) is 105 Å². The minimum Gasteiger partial charge on any atom is -0.490 e. The van der Waals surface area contributed by atoms with Crippen molar-refractivity contribution in [2.24, 2.45) is 0 Å². The van der Waals surface area contributed by atoms with Gasteiger partial charge in [0.2, 0.25) is 0 Å². The van der Waals surface area contributed by atoms with Gasteiger partial charge in [0.1, 0.15) is 11.5 Å². The van der Waals surface area contributed by atoms with Crippen LogP contribution in [-0.4, -0.2) is 18.1 Å². The first-order chi connectivity index (χ1) is 14.2. The van der Waals surface area contributed by atoms with Crippen LogP contribution in [0.25, 0.3) is 0 Å². The van der Waals surface area contributed by atoms with Crippen LogP contribution in [0.2, 0.25) is 0 Å². The average Bonchev–Trinajstić information content (AvgIpc) is 3.26. The van der Waals surface area contributed by atoms with E-state index in [-0.39, 0.29) is 5.91 Å². The van der Waals surface area contributed by atoms with E-state index in [1.807, 2.05) is 37.3 Å². The van der Waals surface area contributed by atoms with Crippen molar-refractivity contribution in [2.45, 2.75) is 76.9 Å². The largest absolute Gasteiger partial charge is 0.490 e. The van der Waals surface area contributed by atoms with Gasteiger partial charge in [-0.2, -0.15) is 0 Å². The Labute approximate surface area is 173 Å². The Hall–Kier alpha value is -2.49. The van der Waals surface area contributed by atoms with Crippen LogP contribution >= 0.6 is 0 Å². The summed E-state index contributed by atoms with van der Waals surface area (Å²) in [7, 11) is 0. The Balaban J connectivity index is 1.34. The Bertz CT molecular complexity index is 824. The standard InChI is InChI=1S/C25H31NO3/c1-2-24(29-23-14-11-18-7-3-4-8-19(18)17-23)25(27)26-20-12-15-22(16-13-20)28-21-9-5-6-10-21/h11-17,21,24H,2-10H2,1H3,(H,26,27)/t24-/m0/s1. The van der Waals surface area contributed by atoms with Gasteiger partial charge in [-0.3, -0.25) is 4.79 Å². The molecule has 4 heteroatoms. The topological polar surface area (TPSA) is 47.6 Å². The number of carbonyl (C=O) groups excluding carboxylic acids is 1. The molecule has 0 heterocycles. The number of benzene rings is 2. The van der Waals surface area contributed by atoms with E-state index < -0.39 is 6.10 Å². The number of anilines is 1. The lowest BCUT2D eigenvalue weighted by Gasteiger charge is -2.20. The lowest BCUT2D eigenvalue weighted by Crippen LogP contribution is -2.32. The van der Waals surface area contributed by atoms with Gasteiger partial charge in [-0.15, -0.1) is 0 Å². The zero-order valence-electron chi connectivity index (χ0n) is 17.3. The van der Waals surface area contributed by atoms with Gasteiger partial charge in [0, 0.05) is 5.69 Å². The third-order valence-electron chi connectivity index (χ3n) is 5.99. The minimum atomic E-state index is -0.508. The van der Waals surface area contributed by atoms with Gasteiger partial charge in [-0.1, -0.05) is 13.0 Å². The number of amides is 1. The van der Waals surface area contributed by atoms with E-state index in [4.69, 9.17) is 9.47 Å². The second kappa shape index (κ2) is 9.34. The van der Waals surface area contributed by atoms with Crippen LogP contribution in [0.3, 0.4) is 0 Å². The molecule has 29 heavy (non-hydrogen) atoms. The fraction of sp³-hybridized carbons (Fsp3) is 0.480. The molecule has 1 amide bonds. The molecular weight excluding hydrogens is 362 g/mol. The van der Waals surface area contributed by atoms with Crippen molar-refractivity contribution in [3.8, 4) is 11.5 Å². The van der Waals surface area contributed by atoms with Crippen LogP contribution in [0.15, 0.2) is 42.5 Å². The van der Waals surface area contributed by atoms with E-state index >= 15 is 0 Å². The number of carbonyl (C=O) groups is 1. The number of hydrogen-bond acceptors (Lipinski definition) is 3. The van der Waals surface area contributed by atoms with Gasteiger partial charge in [0.15, 0.2) is 6.10 Å². The summed E-state index contributed by atoms with van der Waals surface area (Å²) in [5.41, 5.74) is 3.55. The highest BCUT2D eigenvalue weighted by Gasteiger charge is 2.20. The quantitative estimate of drug-likeness (QED) is 0.658. The van der Waals surface area contributed by atoms with Crippen LogP contribution in [0, 0.1) is 0 Å². The van der Waals surface area contributed by atoms with E-state index in [1.165, 1.54) is 36.8 Å². The van der Waals surface area contributed by atoms with Crippen molar-refractivity contribution in [1.82, 2.24) is 0 Å². The van der Waals surface area contributed by atoms with Gasteiger partial charge >= 0.3 is 0 Å². The van der Waals surface area contributed by atoms with Crippen LogP contribution < -0.4 is 14.8 Å². The maximum absolute atomic E-state index is 12.7. The number of nitrogens with one attached hydrogen (secondary N) is 1. The van der Waals surface area contributed by atoms with E-state index in [0.29, 0.717) is 12.5 Å². The molecule has 2 aliphatic carbocycles. The molecule has 0 saturated heterocycles. The first-order valence-electron chi connectivity index (χ1n) is 11.1. The Kier molecular flexibility index (Phi) is 6.38. The Morgan fingerprint density at radius 1 is 0.966 bits per heavy atom. The van der Waals surface area contributed by atoms with Crippen LogP contribution in [0.1, 0.15) is 63.0 Å². The van der Waals surface area contributed by atoms with Crippen molar-refractivity contribution < 1.29 is 14.3 Å². The average molecular weight is 394 g/mol. The van der Waals surface area contributed by atoms with Crippen molar-refractivity contribution in [3.05, 3.63) is 53.6 Å². The summed E-state index contributed by atoms with van der Waals surface area (Å²) < 4.78 is 12.0. The number of aryl methyl sites for hydroxylation is 2. The van der Waals surface area contributed by atoms with Gasteiger partial charge in [0.25, 0.3) is 5.91 Å². The van der Waals surface area contributed by atoms with Gasteiger partial charge < -0.3 is 14.8 Å². The SMILES string of the molecule is CC[C@H](Oc1ccc2c(c1)CCCC2)C(=O)Nc1ccc(OC2CCCC2)cc1. The predicted molar refractivity (Wildman–Crippen MR) is 116 cm³/mol. The molecule has 1 fully saturated rings. The molecule has 2 aromatic rings. The fourth-order valence-corrected chi connectivity index (χ4v) is 4.31. The van der Waals surface area contributed by atoms with E-state index in [2.05, 4.69) is 17.4 Å². The summed E-state index contributed by atoms with van der Waals surface area (Å²) in [6.07, 6.45) is 9.96. The molecule has 154 valence electrons. The van der Waals surface area contributed by atoms with Gasteiger partial charge in [-0.25, -0.2) is 0 Å². The second-order valence-corrected chi connectivity index (χ2v) is 8.19. The Morgan fingerprint density at radius 2 is 1.66 bits per heavy atom. The zero-order chi connectivity index (χ0) is 20.1. The first-order valence-corrected chi connectivity index (χ1v) is 11.1. The number of fused-ring (bicyclic) bond motifs is 1. The fourth-order valence-electron chi connectivity index (χ4n) is 4.31. The molecule has 4 rings (SSSR count). The highest BCUT2D eigenvalue weighted by molar-refractivity contribution is 5.94. The van der Waals surface area contributed by atoms with Crippen LogP contribution in [0.4, 0.5) is 5.69 Å². The Morgan fingerprint density at radius 3 is 2.38 bits per heavy atom. The highest BCUT2D eigenvalue weighted by atomic mass is 16.5. The van der Waals surface area contributed by atoms with Crippen molar-refractivity contribution in [3.63, 3.8) is 0 Å². The molecule has 0 radical (unpaired) electrons. The molecule has 1 N–H and O–H groups in total. The maximum atomic E-state index is 12.7. The minimum absolute atomic E-state index is 0.116. The first kappa shape index (κ1) is 19.8. The zero-order valence-corrected chi connectivity index (χ0v) is 17.3. The summed E-state index contributed by atoms with van der Waals surface area (Å²) in [5, 5.41) is 2.98. The summed E-state index contributed by atoms with van der Waals surface area (Å²) in [6.45, 7) is 1.97. The lowest BCUT2D eigenvalue weighted by molar-refractivity contribution is -0.122. The third kappa shape index (κ3) is 5.11. The predicted octanol–water partition coefficient (Wildman–Crippen LogP) is 5.68. The van der Waals surface area contributed by atoms with Gasteiger partial charge in [0.05, 0.1) is 6.10 Å². The number of ether oxygens (including phenoxy) is 2. The van der Waals surface area contributed by atoms with Crippen LogP contribution in [-0.2, 0) is 17.6 Å². The maximum Gasteiger partial charge on any atom is 0.265 e. The molecule has 0 spiro atoms. The van der Waals surface area contributed by atoms with E-state index in [0.717, 1.165) is 42.9 Å². The highest BCUT2D eigenvalue weighted by Crippen LogP contribution is 2.27. The van der Waals surface area contributed by atoms with Crippen molar-refractivity contribution in [2.75, 3.05) is 5.32 Å². The molecule has 4 nitrogen and oxygen atoms in total. The lowest BCUT2D eigenvalue weighted by atomic mass is 9.92. The molecule has 1 atom stereocenters. The third-order valence-corrected chi connectivity index (χ3v) is 5.99. The summed E-state index contributed by atoms with van der Waals surface area (Å²) >= 11 is 0. The molecule has 1 saturated carbocycles. The molecule has 0 aliphatic heterocycles. The number of hydrogen-bond donors (Lipinski definition) is 1. The molecule has 0 bridgehead atoms. The summed E-state index contributed by atoms with van der Waals surface area (Å²) in [6, 6.07) is 13.9. The van der Waals surface area contributed by atoms with Crippen LogP contribution in [0.5, 0.6) is 11.5 Å². The summed E-state index contributed by atoms with van der Waals surface area (Å²) in [5.74, 6) is 1.54. The normalized spacial score (nSPS) is 17.4. The van der Waals surface area contributed by atoms with E-state index in [1.54, 1.807) is 0 Å². The summed E-state index contributed by atoms with van der Waals surface area (Å²) in [4.78, 5) is 12.7. The monoisotopic (exact) mass is 393 g/mol. The molecule has 0 aromatic heterocycles. The van der Waals surface area contributed by atoms with Crippen molar-refractivity contribution in [1.29, 1.82) is 0 Å². The molecule has 2 aliphatic rings. The van der Waals surface area contributed by atoms with Crippen molar-refractivity contribution >= 4 is 11.6 Å². The smallest absolute Gasteiger partial charge is 0.265 e. The van der Waals surface area contributed by atoms with E-state index in [9.17, 15) is 4.79 Å². The molecule has 2 aromatic carbocycles.